The standard InChI is InChI=1S/C21H21NO2/c1-22(2)17-13-11-16(12-14-17)20(21(23)24-3)19-10-6-8-15-7-4-5-9-18(15)19/h4-14,20H,1-3H3. The number of hydrogen-bond donors (Lipinski definition) is 0. The Labute approximate surface area is 142 Å². The van der Waals surface area contributed by atoms with E-state index in [2.05, 4.69) is 18.2 Å². The van der Waals surface area contributed by atoms with E-state index in [9.17, 15) is 4.79 Å². The van der Waals surface area contributed by atoms with Gasteiger partial charge >= 0.3 is 5.97 Å². The second kappa shape index (κ2) is 6.75. The Balaban J connectivity index is 2.14. The molecule has 0 aliphatic rings. The molecule has 0 N–H and O–H groups in total. The van der Waals surface area contributed by atoms with E-state index < -0.39 is 5.92 Å². The molecule has 24 heavy (non-hydrogen) atoms. The van der Waals surface area contributed by atoms with Crippen LogP contribution in [0.15, 0.2) is 66.7 Å². The Hall–Kier alpha value is -2.81. The molecule has 3 aromatic carbocycles. The summed E-state index contributed by atoms with van der Waals surface area (Å²) in [6, 6.07) is 22.2. The second-order valence-corrected chi connectivity index (χ2v) is 6.01. The lowest BCUT2D eigenvalue weighted by atomic mass is 9.88. The maximum atomic E-state index is 12.5. The number of nitrogens with zero attached hydrogens (tertiary/aromatic N) is 1. The summed E-state index contributed by atoms with van der Waals surface area (Å²) in [5.41, 5.74) is 3.00. The van der Waals surface area contributed by atoms with Gasteiger partial charge < -0.3 is 9.64 Å². The van der Waals surface area contributed by atoms with Crippen LogP contribution in [0, 0.1) is 0 Å². The monoisotopic (exact) mass is 319 g/mol. The van der Waals surface area contributed by atoms with Crippen molar-refractivity contribution in [3.8, 4) is 0 Å². The van der Waals surface area contributed by atoms with Crippen molar-refractivity contribution in [3.63, 3.8) is 0 Å². The van der Waals surface area contributed by atoms with Crippen molar-refractivity contribution in [1.29, 1.82) is 0 Å². The number of rotatable bonds is 4. The molecule has 0 bridgehead atoms. The molecular weight excluding hydrogens is 298 g/mol. The van der Waals surface area contributed by atoms with Crippen molar-refractivity contribution in [2.24, 2.45) is 0 Å². The number of methoxy groups -OCH3 is 1. The SMILES string of the molecule is COC(=O)C(c1ccc(N(C)C)cc1)c1cccc2ccccc12. The van der Waals surface area contributed by atoms with Crippen LogP contribution >= 0.6 is 0 Å². The van der Waals surface area contributed by atoms with Gasteiger partial charge in [0, 0.05) is 19.8 Å². The molecule has 3 rings (SSSR count). The molecule has 0 aliphatic heterocycles. The first-order valence-corrected chi connectivity index (χ1v) is 7.94. The van der Waals surface area contributed by atoms with Gasteiger partial charge in [0.25, 0.3) is 0 Å². The third kappa shape index (κ3) is 2.98. The first-order valence-electron chi connectivity index (χ1n) is 7.94. The highest BCUT2D eigenvalue weighted by atomic mass is 16.5. The van der Waals surface area contributed by atoms with E-state index in [0.717, 1.165) is 27.6 Å². The molecule has 0 spiro atoms. The maximum Gasteiger partial charge on any atom is 0.317 e. The number of carbonyl (C=O) groups excluding carboxylic acids is 1. The van der Waals surface area contributed by atoms with Crippen molar-refractivity contribution in [3.05, 3.63) is 77.9 Å². The number of anilines is 1. The highest BCUT2D eigenvalue weighted by molar-refractivity contribution is 5.93. The summed E-state index contributed by atoms with van der Waals surface area (Å²) in [4.78, 5) is 14.6. The molecule has 0 amide bonds. The van der Waals surface area contributed by atoms with Gasteiger partial charge in [0.1, 0.15) is 5.92 Å². The highest BCUT2D eigenvalue weighted by Gasteiger charge is 2.25. The molecule has 0 aromatic heterocycles. The van der Waals surface area contributed by atoms with Crippen LogP contribution in [-0.2, 0) is 9.53 Å². The van der Waals surface area contributed by atoms with Crippen molar-refractivity contribution in [1.82, 2.24) is 0 Å². The Morgan fingerprint density at radius 3 is 2.25 bits per heavy atom. The summed E-state index contributed by atoms with van der Waals surface area (Å²) in [5.74, 6) is -0.679. The van der Waals surface area contributed by atoms with Crippen LogP contribution in [0.3, 0.4) is 0 Å². The van der Waals surface area contributed by atoms with E-state index in [-0.39, 0.29) is 5.97 Å². The fourth-order valence-corrected chi connectivity index (χ4v) is 3.03. The summed E-state index contributed by atoms with van der Waals surface area (Å²) < 4.78 is 5.10. The lowest BCUT2D eigenvalue weighted by Crippen LogP contribution is -2.16. The van der Waals surface area contributed by atoms with Gasteiger partial charge in [-0.25, -0.2) is 0 Å². The summed E-state index contributed by atoms with van der Waals surface area (Å²) >= 11 is 0. The Bertz CT molecular complexity index is 848. The average molecular weight is 319 g/mol. The molecule has 122 valence electrons. The van der Waals surface area contributed by atoms with Crippen molar-refractivity contribution in [2.45, 2.75) is 5.92 Å². The summed E-state index contributed by atoms with van der Waals surface area (Å²) in [6.07, 6.45) is 0. The van der Waals surface area contributed by atoms with Gasteiger partial charge in [-0.15, -0.1) is 0 Å². The second-order valence-electron chi connectivity index (χ2n) is 6.01. The number of ether oxygens (including phenoxy) is 1. The third-order valence-electron chi connectivity index (χ3n) is 4.31. The van der Waals surface area contributed by atoms with Crippen LogP contribution in [-0.4, -0.2) is 27.2 Å². The number of carbonyl (C=O) groups is 1. The van der Waals surface area contributed by atoms with E-state index in [0.29, 0.717) is 0 Å². The molecule has 1 unspecified atom stereocenters. The zero-order chi connectivity index (χ0) is 17.1. The van der Waals surface area contributed by atoms with E-state index in [1.54, 1.807) is 0 Å². The van der Waals surface area contributed by atoms with Crippen LogP contribution in [0.1, 0.15) is 17.0 Å². The predicted molar refractivity (Wildman–Crippen MR) is 98.6 cm³/mol. The van der Waals surface area contributed by atoms with Gasteiger partial charge in [-0.3, -0.25) is 4.79 Å². The number of esters is 1. The minimum absolute atomic E-state index is 0.246. The topological polar surface area (TPSA) is 29.5 Å². The molecule has 3 nitrogen and oxygen atoms in total. The molecule has 0 fully saturated rings. The summed E-state index contributed by atoms with van der Waals surface area (Å²) in [5, 5.41) is 2.20. The maximum absolute atomic E-state index is 12.5. The lowest BCUT2D eigenvalue weighted by molar-refractivity contribution is -0.141. The minimum Gasteiger partial charge on any atom is -0.468 e. The lowest BCUT2D eigenvalue weighted by Gasteiger charge is -2.19. The van der Waals surface area contributed by atoms with Gasteiger partial charge in [0.05, 0.1) is 7.11 Å². The Morgan fingerprint density at radius 1 is 0.917 bits per heavy atom. The summed E-state index contributed by atoms with van der Waals surface area (Å²) in [7, 11) is 5.43. The average Bonchev–Trinajstić information content (AvgIpc) is 2.62. The predicted octanol–water partition coefficient (Wildman–Crippen LogP) is 4.21. The molecule has 0 heterocycles. The molecule has 3 heteroatoms. The normalized spacial score (nSPS) is 12.0. The Kier molecular flexibility index (Phi) is 4.52. The smallest absolute Gasteiger partial charge is 0.317 e. The van der Waals surface area contributed by atoms with Gasteiger partial charge in [0.15, 0.2) is 0 Å². The first kappa shape index (κ1) is 16.1. The molecule has 3 aromatic rings. The third-order valence-corrected chi connectivity index (χ3v) is 4.31. The van der Waals surface area contributed by atoms with E-state index in [1.807, 2.05) is 67.5 Å². The van der Waals surface area contributed by atoms with E-state index >= 15 is 0 Å². The number of benzene rings is 3. The quantitative estimate of drug-likeness (QED) is 0.675. The van der Waals surface area contributed by atoms with Gasteiger partial charge in [-0.2, -0.15) is 0 Å². The number of fused-ring (bicyclic) bond motifs is 1. The van der Waals surface area contributed by atoms with Crippen LogP contribution in [0.5, 0.6) is 0 Å². The molecule has 0 saturated carbocycles. The van der Waals surface area contributed by atoms with Crippen molar-refractivity contribution in [2.75, 3.05) is 26.1 Å². The van der Waals surface area contributed by atoms with E-state index in [4.69, 9.17) is 4.74 Å². The first-order chi connectivity index (χ1) is 11.6. The van der Waals surface area contributed by atoms with E-state index in [1.165, 1.54) is 7.11 Å². The molecule has 1 atom stereocenters. The zero-order valence-electron chi connectivity index (χ0n) is 14.2. The van der Waals surface area contributed by atoms with Crippen LogP contribution < -0.4 is 4.90 Å². The minimum atomic E-state index is -0.433. The fourth-order valence-electron chi connectivity index (χ4n) is 3.03. The van der Waals surface area contributed by atoms with Gasteiger partial charge in [0.2, 0.25) is 0 Å². The molecular formula is C21H21NO2. The summed E-state index contributed by atoms with van der Waals surface area (Å²) in [6.45, 7) is 0. The number of hydrogen-bond acceptors (Lipinski definition) is 3. The van der Waals surface area contributed by atoms with Gasteiger partial charge in [-0.05, 0) is 34.0 Å². The van der Waals surface area contributed by atoms with Crippen LogP contribution in [0.2, 0.25) is 0 Å². The van der Waals surface area contributed by atoms with Crippen molar-refractivity contribution >= 4 is 22.4 Å². The zero-order valence-corrected chi connectivity index (χ0v) is 14.2. The van der Waals surface area contributed by atoms with Crippen LogP contribution in [0.25, 0.3) is 10.8 Å². The van der Waals surface area contributed by atoms with Crippen LogP contribution in [0.4, 0.5) is 5.69 Å². The molecule has 0 aliphatic carbocycles. The largest absolute Gasteiger partial charge is 0.468 e. The molecule has 0 saturated heterocycles. The van der Waals surface area contributed by atoms with Crippen molar-refractivity contribution < 1.29 is 9.53 Å². The Morgan fingerprint density at radius 2 is 1.58 bits per heavy atom. The van der Waals surface area contributed by atoms with Gasteiger partial charge in [-0.1, -0.05) is 54.6 Å². The molecule has 0 radical (unpaired) electrons. The fraction of sp³-hybridized carbons (Fsp3) is 0.190. The highest BCUT2D eigenvalue weighted by Crippen LogP contribution is 2.32.